The summed E-state index contributed by atoms with van der Waals surface area (Å²) in [5, 5.41) is 11.3. The number of benzene rings is 1. The molecule has 0 fully saturated rings. The van der Waals surface area contributed by atoms with Crippen molar-refractivity contribution in [2.24, 2.45) is 0 Å². The molecule has 0 unspecified atom stereocenters. The van der Waals surface area contributed by atoms with Gasteiger partial charge in [-0.3, -0.25) is 14.2 Å². The van der Waals surface area contributed by atoms with Gasteiger partial charge >= 0.3 is 0 Å². The van der Waals surface area contributed by atoms with E-state index in [9.17, 15) is 4.79 Å². The lowest BCUT2D eigenvalue weighted by Crippen LogP contribution is -2.14. The molecule has 3 aromatic rings. The molecule has 24 heavy (non-hydrogen) atoms. The van der Waals surface area contributed by atoms with Crippen LogP contribution in [-0.4, -0.2) is 25.5 Å². The summed E-state index contributed by atoms with van der Waals surface area (Å²) in [5.74, 6) is -0.0583. The molecule has 124 valence electrons. The highest BCUT2D eigenvalue weighted by molar-refractivity contribution is 9.10. The molecule has 0 aliphatic rings. The minimum atomic E-state index is -0.0583. The van der Waals surface area contributed by atoms with Gasteiger partial charge in [0.15, 0.2) is 0 Å². The average Bonchev–Trinajstić information content (AvgIpc) is 3.17. The highest BCUT2D eigenvalue weighted by Gasteiger charge is 2.07. The molecule has 0 radical (unpaired) electrons. The van der Waals surface area contributed by atoms with Crippen LogP contribution in [0.2, 0.25) is 0 Å². The van der Waals surface area contributed by atoms with E-state index in [0.29, 0.717) is 25.2 Å². The third kappa shape index (κ3) is 4.32. The van der Waals surface area contributed by atoms with Crippen molar-refractivity contribution in [1.82, 2.24) is 19.6 Å². The molecule has 0 aliphatic heterocycles. The number of aryl methyl sites for hydroxylation is 2. The molecule has 6 nitrogen and oxygen atoms in total. The number of rotatable bonds is 6. The van der Waals surface area contributed by atoms with Gasteiger partial charge in [-0.25, -0.2) is 0 Å². The molecule has 0 spiro atoms. The minimum Gasteiger partial charge on any atom is -0.323 e. The number of hydrogen-bond acceptors (Lipinski definition) is 3. The smallest absolute Gasteiger partial charge is 0.226 e. The first kappa shape index (κ1) is 16.4. The van der Waals surface area contributed by atoms with Gasteiger partial charge in [-0.1, -0.05) is 24.3 Å². The zero-order chi connectivity index (χ0) is 16.9. The van der Waals surface area contributed by atoms with Crippen LogP contribution in [0.3, 0.4) is 0 Å². The van der Waals surface area contributed by atoms with E-state index in [1.54, 1.807) is 17.1 Å². The predicted octanol–water partition coefficient (Wildman–Crippen LogP) is 3.23. The van der Waals surface area contributed by atoms with E-state index < -0.39 is 0 Å². The molecule has 3 rings (SSSR count). The van der Waals surface area contributed by atoms with Crippen molar-refractivity contribution in [2.75, 3.05) is 5.32 Å². The second-order valence-corrected chi connectivity index (χ2v) is 6.49. The first-order valence-electron chi connectivity index (χ1n) is 7.65. The van der Waals surface area contributed by atoms with Crippen molar-refractivity contribution in [3.8, 4) is 0 Å². The Kier molecular flexibility index (Phi) is 5.10. The Morgan fingerprint density at radius 3 is 2.71 bits per heavy atom. The molecule has 1 N–H and O–H groups in total. The van der Waals surface area contributed by atoms with Gasteiger partial charge in [-0.05, 0) is 34.0 Å². The number of nitrogens with zero attached hydrogens (tertiary/aromatic N) is 4. The topological polar surface area (TPSA) is 64.7 Å². The van der Waals surface area contributed by atoms with Gasteiger partial charge in [-0.15, -0.1) is 0 Å². The Hall–Kier alpha value is -2.41. The van der Waals surface area contributed by atoms with E-state index in [-0.39, 0.29) is 5.91 Å². The molecule has 0 saturated heterocycles. The number of anilines is 1. The molecule has 0 atom stereocenters. The summed E-state index contributed by atoms with van der Waals surface area (Å²) in [6.45, 7) is 3.30. The molecular formula is C17H18BrN5O. The van der Waals surface area contributed by atoms with Gasteiger partial charge in [0.05, 0.1) is 29.1 Å². The van der Waals surface area contributed by atoms with Crippen LogP contribution in [0.4, 0.5) is 5.69 Å². The summed E-state index contributed by atoms with van der Waals surface area (Å²) < 4.78 is 4.45. The normalized spacial score (nSPS) is 10.8. The van der Waals surface area contributed by atoms with E-state index in [1.807, 2.05) is 29.2 Å². The molecule has 7 heteroatoms. The monoisotopic (exact) mass is 387 g/mol. The zero-order valence-corrected chi connectivity index (χ0v) is 14.9. The van der Waals surface area contributed by atoms with Crippen molar-refractivity contribution >= 4 is 27.5 Å². The Labute approximate surface area is 148 Å². The zero-order valence-electron chi connectivity index (χ0n) is 13.3. The Bertz CT molecular complexity index is 839. The maximum atomic E-state index is 12.0. The quantitative estimate of drug-likeness (QED) is 0.705. The predicted molar refractivity (Wildman–Crippen MR) is 95.7 cm³/mol. The largest absolute Gasteiger partial charge is 0.323 e. The number of amides is 1. The third-order valence-corrected chi connectivity index (χ3v) is 4.09. The summed E-state index contributed by atoms with van der Waals surface area (Å²) in [6.07, 6.45) is 7.41. The van der Waals surface area contributed by atoms with Crippen LogP contribution in [0, 0.1) is 6.92 Å². The minimum absolute atomic E-state index is 0.0583. The van der Waals surface area contributed by atoms with Crippen LogP contribution in [0.1, 0.15) is 17.5 Å². The van der Waals surface area contributed by atoms with Crippen molar-refractivity contribution < 1.29 is 4.79 Å². The highest BCUT2D eigenvalue weighted by Crippen LogP contribution is 2.12. The molecule has 2 heterocycles. The molecule has 0 saturated carbocycles. The number of halogens is 1. The van der Waals surface area contributed by atoms with Crippen LogP contribution >= 0.6 is 15.9 Å². The van der Waals surface area contributed by atoms with Crippen molar-refractivity contribution in [3.63, 3.8) is 0 Å². The van der Waals surface area contributed by atoms with Gasteiger partial charge in [0, 0.05) is 25.4 Å². The number of carbonyl (C=O) groups excluding carboxylic acids is 1. The van der Waals surface area contributed by atoms with E-state index in [4.69, 9.17) is 0 Å². The van der Waals surface area contributed by atoms with Crippen LogP contribution < -0.4 is 5.32 Å². The molecule has 0 bridgehead atoms. The van der Waals surface area contributed by atoms with Gasteiger partial charge in [0.25, 0.3) is 0 Å². The van der Waals surface area contributed by atoms with Crippen LogP contribution in [0.5, 0.6) is 0 Å². The van der Waals surface area contributed by atoms with Crippen LogP contribution in [0.15, 0.2) is 53.5 Å². The van der Waals surface area contributed by atoms with E-state index >= 15 is 0 Å². The maximum absolute atomic E-state index is 12.0. The Morgan fingerprint density at radius 1 is 1.17 bits per heavy atom. The fourth-order valence-corrected chi connectivity index (χ4v) is 2.70. The SMILES string of the molecule is Cc1ccccc1Cn1cc(NC(=O)CCn2cc(Br)cn2)cn1. The highest BCUT2D eigenvalue weighted by atomic mass is 79.9. The van der Waals surface area contributed by atoms with Gasteiger partial charge in [-0.2, -0.15) is 10.2 Å². The van der Waals surface area contributed by atoms with Crippen molar-refractivity contribution in [2.45, 2.75) is 26.4 Å². The second kappa shape index (κ2) is 7.44. The van der Waals surface area contributed by atoms with E-state index in [1.165, 1.54) is 11.1 Å². The Morgan fingerprint density at radius 2 is 1.96 bits per heavy atom. The Balaban J connectivity index is 1.53. The standard InChI is InChI=1S/C17H18BrN5O/c1-13-4-2-3-5-14(13)10-23-12-16(9-20-23)21-17(24)6-7-22-11-15(18)8-19-22/h2-5,8-9,11-12H,6-7,10H2,1H3,(H,21,24). The third-order valence-electron chi connectivity index (χ3n) is 3.68. The lowest BCUT2D eigenvalue weighted by molar-refractivity contribution is -0.116. The molecule has 1 amide bonds. The van der Waals surface area contributed by atoms with Crippen LogP contribution in [0.25, 0.3) is 0 Å². The summed E-state index contributed by atoms with van der Waals surface area (Å²) >= 11 is 3.33. The van der Waals surface area contributed by atoms with E-state index in [2.05, 4.69) is 50.5 Å². The number of carbonyl (C=O) groups is 1. The van der Waals surface area contributed by atoms with Crippen molar-refractivity contribution in [1.29, 1.82) is 0 Å². The molecular weight excluding hydrogens is 370 g/mol. The maximum Gasteiger partial charge on any atom is 0.226 e. The fourth-order valence-electron chi connectivity index (χ4n) is 2.38. The fraction of sp³-hybridized carbons (Fsp3) is 0.235. The van der Waals surface area contributed by atoms with Gasteiger partial charge in [0.2, 0.25) is 5.91 Å². The van der Waals surface area contributed by atoms with Gasteiger partial charge < -0.3 is 5.32 Å². The average molecular weight is 388 g/mol. The number of hydrogen-bond donors (Lipinski definition) is 1. The summed E-state index contributed by atoms with van der Waals surface area (Å²) in [5.41, 5.74) is 3.14. The molecule has 2 aromatic heterocycles. The summed E-state index contributed by atoms with van der Waals surface area (Å²) in [6, 6.07) is 8.19. The molecule has 1 aromatic carbocycles. The number of nitrogens with one attached hydrogen (secondary N) is 1. The first-order chi connectivity index (χ1) is 11.6. The summed E-state index contributed by atoms with van der Waals surface area (Å²) in [4.78, 5) is 12.0. The van der Waals surface area contributed by atoms with E-state index in [0.717, 1.165) is 4.47 Å². The lowest BCUT2D eigenvalue weighted by Gasteiger charge is -2.05. The lowest BCUT2D eigenvalue weighted by atomic mass is 10.1. The summed E-state index contributed by atoms with van der Waals surface area (Å²) in [7, 11) is 0. The number of aromatic nitrogens is 4. The second-order valence-electron chi connectivity index (χ2n) is 5.57. The van der Waals surface area contributed by atoms with Crippen LogP contribution in [-0.2, 0) is 17.9 Å². The molecule has 0 aliphatic carbocycles. The van der Waals surface area contributed by atoms with Crippen molar-refractivity contribution in [3.05, 3.63) is 64.7 Å². The first-order valence-corrected chi connectivity index (χ1v) is 8.44. The van der Waals surface area contributed by atoms with Gasteiger partial charge in [0.1, 0.15) is 0 Å².